The zero-order valence-electron chi connectivity index (χ0n) is 6.34. The van der Waals surface area contributed by atoms with Gasteiger partial charge in [0.25, 0.3) is 5.91 Å². The molecule has 60 valence electrons. The monoisotopic (exact) mass is 171 g/mol. The maximum atomic E-state index is 11.0. The zero-order valence-corrected chi connectivity index (χ0v) is 7.16. The number of thiazole rings is 1. The fraction of sp³-hybridized carbons (Fsp3) is 0.333. The first-order chi connectivity index (χ1) is 5.15. The normalized spacial score (nSPS) is 9.64. The van der Waals surface area contributed by atoms with Crippen LogP contribution >= 0.6 is 11.3 Å². The van der Waals surface area contributed by atoms with Crippen LogP contribution in [0.4, 0.5) is 5.82 Å². The van der Waals surface area contributed by atoms with Crippen LogP contribution < -0.4 is 11.1 Å². The van der Waals surface area contributed by atoms with Gasteiger partial charge in [0.2, 0.25) is 0 Å². The number of hydrogen-bond donors (Lipinski definition) is 2. The summed E-state index contributed by atoms with van der Waals surface area (Å²) in [5.41, 5.74) is 5.46. The van der Waals surface area contributed by atoms with E-state index in [2.05, 4.69) is 10.3 Å². The predicted octanol–water partition coefficient (Wildman–Crippen LogP) is 0.393. The van der Waals surface area contributed by atoms with Gasteiger partial charge in [-0.25, -0.2) is 4.98 Å². The molecule has 0 fully saturated rings. The Bertz CT molecular complexity index is 281. The quantitative estimate of drug-likeness (QED) is 0.642. The molecule has 0 aliphatic carbocycles. The topological polar surface area (TPSA) is 68.0 Å². The zero-order chi connectivity index (χ0) is 8.43. The summed E-state index contributed by atoms with van der Waals surface area (Å²) >= 11 is 1.30. The maximum Gasteiger partial charge on any atom is 0.264 e. The summed E-state index contributed by atoms with van der Waals surface area (Å²) in [6.07, 6.45) is 0. The Hall–Kier alpha value is -1.10. The Labute approximate surface area is 68.4 Å². The van der Waals surface area contributed by atoms with E-state index in [1.807, 2.05) is 6.92 Å². The fourth-order valence-electron chi connectivity index (χ4n) is 0.719. The van der Waals surface area contributed by atoms with Gasteiger partial charge in [-0.1, -0.05) is 0 Å². The van der Waals surface area contributed by atoms with E-state index in [0.29, 0.717) is 10.7 Å². The molecule has 0 aliphatic heterocycles. The molecule has 1 heterocycles. The molecule has 11 heavy (non-hydrogen) atoms. The summed E-state index contributed by atoms with van der Waals surface area (Å²) in [4.78, 5) is 15.4. The third-order valence-corrected chi connectivity index (χ3v) is 2.18. The Kier molecular flexibility index (Phi) is 2.09. The van der Waals surface area contributed by atoms with Crippen molar-refractivity contribution in [2.75, 3.05) is 12.8 Å². The van der Waals surface area contributed by atoms with Crippen LogP contribution in [0.3, 0.4) is 0 Å². The number of amides is 1. The number of rotatable bonds is 1. The lowest BCUT2D eigenvalue weighted by Gasteiger charge is -1.93. The second-order valence-corrected chi connectivity index (χ2v) is 3.23. The Balaban J connectivity index is 3.03. The Morgan fingerprint density at radius 2 is 2.36 bits per heavy atom. The number of nitrogens with two attached hydrogens (primary N) is 1. The van der Waals surface area contributed by atoms with E-state index in [1.54, 1.807) is 7.05 Å². The summed E-state index contributed by atoms with van der Waals surface area (Å²) in [7, 11) is 1.57. The lowest BCUT2D eigenvalue weighted by Crippen LogP contribution is -2.17. The first-order valence-corrected chi connectivity index (χ1v) is 3.91. The van der Waals surface area contributed by atoms with Gasteiger partial charge in [-0.3, -0.25) is 4.79 Å². The molecule has 0 aromatic carbocycles. The van der Waals surface area contributed by atoms with Gasteiger partial charge < -0.3 is 11.1 Å². The molecule has 0 aliphatic rings. The van der Waals surface area contributed by atoms with Gasteiger partial charge in [-0.05, 0) is 6.92 Å². The van der Waals surface area contributed by atoms with Crippen LogP contribution in [0.2, 0.25) is 0 Å². The van der Waals surface area contributed by atoms with Gasteiger partial charge in [0.05, 0.1) is 5.01 Å². The van der Waals surface area contributed by atoms with Crippen LogP contribution in [-0.4, -0.2) is 17.9 Å². The highest BCUT2D eigenvalue weighted by Gasteiger charge is 2.11. The smallest absolute Gasteiger partial charge is 0.264 e. The molecule has 0 bridgehead atoms. The molecule has 0 atom stereocenters. The highest BCUT2D eigenvalue weighted by atomic mass is 32.1. The van der Waals surface area contributed by atoms with Crippen molar-refractivity contribution in [1.82, 2.24) is 10.3 Å². The number of nitrogens with one attached hydrogen (secondary N) is 1. The standard InChI is InChI=1S/C6H9N3OS/c1-3-9-5(7)4(11-3)6(10)8-2/h7H2,1-2H3,(H,8,10). The lowest BCUT2D eigenvalue weighted by molar-refractivity contribution is 0.0968. The number of carbonyl (C=O) groups excluding carboxylic acids is 1. The molecular weight excluding hydrogens is 162 g/mol. The molecule has 0 spiro atoms. The average molecular weight is 171 g/mol. The number of nitrogens with zero attached hydrogens (tertiary/aromatic N) is 1. The van der Waals surface area contributed by atoms with Crippen molar-refractivity contribution in [3.05, 3.63) is 9.88 Å². The molecule has 0 saturated carbocycles. The number of carbonyl (C=O) groups is 1. The number of hydrogen-bond acceptors (Lipinski definition) is 4. The van der Waals surface area contributed by atoms with Crippen LogP contribution in [0.15, 0.2) is 0 Å². The van der Waals surface area contributed by atoms with Crippen molar-refractivity contribution in [2.24, 2.45) is 0 Å². The van der Waals surface area contributed by atoms with Crippen LogP contribution in [0.5, 0.6) is 0 Å². The second-order valence-electron chi connectivity index (χ2n) is 2.03. The third kappa shape index (κ3) is 1.48. The number of aryl methyl sites for hydroxylation is 1. The number of nitrogen functional groups attached to an aromatic ring is 1. The predicted molar refractivity (Wildman–Crippen MR) is 44.7 cm³/mol. The summed E-state index contributed by atoms with van der Waals surface area (Å²) in [5, 5.41) is 3.29. The number of anilines is 1. The molecular formula is C6H9N3OS. The van der Waals surface area contributed by atoms with E-state index in [1.165, 1.54) is 11.3 Å². The molecule has 1 amide bonds. The van der Waals surface area contributed by atoms with E-state index in [4.69, 9.17) is 5.73 Å². The van der Waals surface area contributed by atoms with Crippen LogP contribution in [0.1, 0.15) is 14.7 Å². The van der Waals surface area contributed by atoms with Crippen molar-refractivity contribution in [2.45, 2.75) is 6.92 Å². The molecule has 1 aromatic heterocycles. The van der Waals surface area contributed by atoms with Crippen molar-refractivity contribution < 1.29 is 4.79 Å². The maximum absolute atomic E-state index is 11.0. The van der Waals surface area contributed by atoms with Gasteiger partial charge in [0.1, 0.15) is 10.7 Å². The number of aromatic nitrogens is 1. The van der Waals surface area contributed by atoms with Gasteiger partial charge in [-0.15, -0.1) is 11.3 Å². The molecule has 5 heteroatoms. The third-order valence-electron chi connectivity index (χ3n) is 1.19. The second kappa shape index (κ2) is 2.87. The van der Waals surface area contributed by atoms with Crippen molar-refractivity contribution in [1.29, 1.82) is 0 Å². The van der Waals surface area contributed by atoms with Crippen LogP contribution in [0.25, 0.3) is 0 Å². The minimum atomic E-state index is -0.173. The van der Waals surface area contributed by atoms with Gasteiger partial charge in [0.15, 0.2) is 0 Å². The van der Waals surface area contributed by atoms with E-state index in [-0.39, 0.29) is 5.91 Å². The Morgan fingerprint density at radius 3 is 2.73 bits per heavy atom. The molecule has 1 aromatic rings. The molecule has 0 radical (unpaired) electrons. The highest BCUT2D eigenvalue weighted by Crippen LogP contribution is 2.18. The van der Waals surface area contributed by atoms with Crippen molar-refractivity contribution in [3.63, 3.8) is 0 Å². The minimum Gasteiger partial charge on any atom is -0.382 e. The summed E-state index contributed by atoms with van der Waals surface area (Å²) in [6, 6.07) is 0. The summed E-state index contributed by atoms with van der Waals surface area (Å²) in [5.74, 6) is 0.139. The van der Waals surface area contributed by atoms with Crippen LogP contribution in [0, 0.1) is 6.92 Å². The minimum absolute atomic E-state index is 0.173. The van der Waals surface area contributed by atoms with E-state index >= 15 is 0 Å². The van der Waals surface area contributed by atoms with Crippen LogP contribution in [-0.2, 0) is 0 Å². The highest BCUT2D eigenvalue weighted by molar-refractivity contribution is 7.14. The van der Waals surface area contributed by atoms with Crippen molar-refractivity contribution >= 4 is 23.1 Å². The van der Waals surface area contributed by atoms with Gasteiger partial charge in [0, 0.05) is 7.05 Å². The van der Waals surface area contributed by atoms with E-state index in [0.717, 1.165) is 5.01 Å². The molecule has 3 N–H and O–H groups in total. The molecule has 1 rings (SSSR count). The Morgan fingerprint density at radius 1 is 1.73 bits per heavy atom. The van der Waals surface area contributed by atoms with Gasteiger partial charge >= 0.3 is 0 Å². The first-order valence-electron chi connectivity index (χ1n) is 3.10. The van der Waals surface area contributed by atoms with Crippen molar-refractivity contribution in [3.8, 4) is 0 Å². The fourth-order valence-corrected chi connectivity index (χ4v) is 1.50. The molecule has 0 saturated heterocycles. The molecule has 4 nitrogen and oxygen atoms in total. The molecule has 0 unspecified atom stereocenters. The summed E-state index contributed by atoms with van der Waals surface area (Å²) in [6.45, 7) is 1.81. The SMILES string of the molecule is CNC(=O)c1sc(C)nc1N. The summed E-state index contributed by atoms with van der Waals surface area (Å²) < 4.78 is 0. The average Bonchev–Trinajstić information content (AvgIpc) is 2.28. The lowest BCUT2D eigenvalue weighted by atomic mass is 10.5. The largest absolute Gasteiger partial charge is 0.382 e. The van der Waals surface area contributed by atoms with Gasteiger partial charge in [-0.2, -0.15) is 0 Å². The van der Waals surface area contributed by atoms with E-state index in [9.17, 15) is 4.79 Å². The van der Waals surface area contributed by atoms with E-state index < -0.39 is 0 Å². The first kappa shape index (κ1) is 8.00.